The Labute approximate surface area is 170 Å². The molecule has 4 rings (SSSR count). The van der Waals surface area contributed by atoms with Gasteiger partial charge >= 0.3 is 5.69 Å². The highest BCUT2D eigenvalue weighted by Crippen LogP contribution is 2.27. The third-order valence-electron chi connectivity index (χ3n) is 4.96. The van der Waals surface area contributed by atoms with Crippen LogP contribution in [0.2, 0.25) is 0 Å². The van der Waals surface area contributed by atoms with Crippen LogP contribution in [0.1, 0.15) is 0 Å². The molecule has 8 heteroatoms. The molecule has 0 spiro atoms. The Kier molecular flexibility index (Phi) is 4.83. The number of amides is 1. The average molecular weight is 406 g/mol. The van der Waals surface area contributed by atoms with Crippen molar-refractivity contribution < 1.29 is 9.18 Å². The van der Waals surface area contributed by atoms with E-state index in [2.05, 4.69) is 5.32 Å². The Morgan fingerprint density at radius 1 is 0.967 bits per heavy atom. The quantitative estimate of drug-likeness (QED) is 0.566. The maximum atomic E-state index is 13.1. The fourth-order valence-electron chi connectivity index (χ4n) is 3.51. The molecule has 2 aromatic carbocycles. The minimum Gasteiger partial charge on any atom is -0.344 e. The van der Waals surface area contributed by atoms with E-state index in [1.165, 1.54) is 35.9 Å². The largest absolute Gasteiger partial charge is 0.344 e. The van der Waals surface area contributed by atoms with Gasteiger partial charge in [0.1, 0.15) is 17.9 Å². The number of carbonyl (C=O) groups excluding carboxylic acids is 1. The Bertz CT molecular complexity index is 1370. The molecule has 0 aliphatic rings. The predicted molar refractivity (Wildman–Crippen MR) is 113 cm³/mol. The zero-order valence-corrected chi connectivity index (χ0v) is 16.4. The summed E-state index contributed by atoms with van der Waals surface area (Å²) >= 11 is 0. The molecule has 0 radical (unpaired) electrons. The number of fused-ring (bicyclic) bond motifs is 1. The van der Waals surface area contributed by atoms with E-state index in [4.69, 9.17) is 0 Å². The number of aromatic nitrogens is 3. The van der Waals surface area contributed by atoms with Crippen molar-refractivity contribution in [2.75, 3.05) is 5.32 Å². The Morgan fingerprint density at radius 3 is 2.30 bits per heavy atom. The molecule has 30 heavy (non-hydrogen) atoms. The van der Waals surface area contributed by atoms with E-state index < -0.39 is 23.0 Å². The van der Waals surface area contributed by atoms with Gasteiger partial charge in [0.2, 0.25) is 5.91 Å². The Balaban J connectivity index is 1.86. The van der Waals surface area contributed by atoms with Gasteiger partial charge < -0.3 is 9.88 Å². The lowest BCUT2D eigenvalue weighted by atomic mass is 10.1. The van der Waals surface area contributed by atoms with Crippen molar-refractivity contribution in [2.45, 2.75) is 6.54 Å². The van der Waals surface area contributed by atoms with Crippen LogP contribution in [0.25, 0.3) is 22.2 Å². The molecule has 1 N–H and O–H groups in total. The van der Waals surface area contributed by atoms with Gasteiger partial charge in [-0.25, -0.2) is 9.18 Å². The molecule has 4 aromatic rings. The highest BCUT2D eigenvalue weighted by Gasteiger charge is 2.20. The summed E-state index contributed by atoms with van der Waals surface area (Å²) in [6.45, 7) is -0.301. The summed E-state index contributed by atoms with van der Waals surface area (Å²) in [5.74, 6) is -0.882. The van der Waals surface area contributed by atoms with Crippen molar-refractivity contribution in [3.8, 4) is 11.1 Å². The molecule has 0 aliphatic heterocycles. The number of nitrogens with one attached hydrogen (secondary N) is 1. The number of rotatable bonds is 4. The van der Waals surface area contributed by atoms with Crippen molar-refractivity contribution in [3.63, 3.8) is 0 Å². The van der Waals surface area contributed by atoms with Gasteiger partial charge in [-0.05, 0) is 29.8 Å². The highest BCUT2D eigenvalue weighted by atomic mass is 19.1. The third-order valence-corrected chi connectivity index (χ3v) is 4.96. The molecule has 0 saturated carbocycles. The molecule has 0 saturated heterocycles. The lowest BCUT2D eigenvalue weighted by Crippen LogP contribution is -2.40. The molecule has 152 valence electrons. The topological polar surface area (TPSA) is 78.0 Å². The highest BCUT2D eigenvalue weighted by molar-refractivity contribution is 5.95. The van der Waals surface area contributed by atoms with Crippen LogP contribution in [0, 0.1) is 5.82 Å². The van der Waals surface area contributed by atoms with Crippen molar-refractivity contribution in [1.29, 1.82) is 0 Å². The van der Waals surface area contributed by atoms with E-state index in [1.54, 1.807) is 17.8 Å². The molecule has 0 aliphatic carbocycles. The number of anilines is 1. The third kappa shape index (κ3) is 3.32. The molecule has 2 aromatic heterocycles. The monoisotopic (exact) mass is 406 g/mol. The number of halogens is 1. The van der Waals surface area contributed by atoms with E-state index in [1.807, 2.05) is 30.3 Å². The maximum absolute atomic E-state index is 13.1. The summed E-state index contributed by atoms with van der Waals surface area (Å²) in [6, 6.07) is 14.7. The van der Waals surface area contributed by atoms with Gasteiger partial charge in [-0.15, -0.1) is 0 Å². The standard InChI is InChI=1S/C22H19FN4O3/c1-25-12-17(14-6-4-3-5-7-14)19-20(25)21(29)26(2)22(30)27(19)13-18(28)24-16-10-8-15(23)9-11-16/h3-12H,13H2,1-2H3,(H,24,28). The number of aryl methyl sites for hydroxylation is 1. The van der Waals surface area contributed by atoms with Crippen molar-refractivity contribution in [1.82, 2.24) is 13.7 Å². The van der Waals surface area contributed by atoms with Crippen LogP contribution in [0.5, 0.6) is 0 Å². The fraction of sp³-hybridized carbons (Fsp3) is 0.136. The van der Waals surface area contributed by atoms with Crippen LogP contribution in [0.3, 0.4) is 0 Å². The minimum atomic E-state index is -0.592. The van der Waals surface area contributed by atoms with Crippen molar-refractivity contribution >= 4 is 22.6 Å². The average Bonchev–Trinajstić information content (AvgIpc) is 3.09. The van der Waals surface area contributed by atoms with E-state index in [0.29, 0.717) is 22.3 Å². The summed E-state index contributed by atoms with van der Waals surface area (Å²) in [7, 11) is 3.11. The van der Waals surface area contributed by atoms with Crippen LogP contribution in [-0.4, -0.2) is 19.6 Å². The van der Waals surface area contributed by atoms with Gasteiger partial charge in [0.05, 0.1) is 5.52 Å². The molecule has 2 heterocycles. The molecular weight excluding hydrogens is 387 g/mol. The van der Waals surface area contributed by atoms with Gasteiger partial charge in [-0.2, -0.15) is 0 Å². The van der Waals surface area contributed by atoms with Crippen LogP contribution >= 0.6 is 0 Å². The van der Waals surface area contributed by atoms with Crippen molar-refractivity contribution in [3.05, 3.63) is 87.4 Å². The van der Waals surface area contributed by atoms with E-state index in [0.717, 1.165) is 10.1 Å². The van der Waals surface area contributed by atoms with Gasteiger partial charge in [0, 0.05) is 31.5 Å². The Hall–Kier alpha value is -3.94. The first-order valence-corrected chi connectivity index (χ1v) is 9.26. The number of carbonyl (C=O) groups is 1. The van der Waals surface area contributed by atoms with Gasteiger partial charge in [-0.1, -0.05) is 30.3 Å². The number of benzene rings is 2. The maximum Gasteiger partial charge on any atom is 0.331 e. The van der Waals surface area contributed by atoms with Crippen LogP contribution in [-0.2, 0) is 25.4 Å². The summed E-state index contributed by atoms with van der Waals surface area (Å²) in [5.41, 5.74) is 1.60. The number of hydrogen-bond acceptors (Lipinski definition) is 3. The predicted octanol–water partition coefficient (Wildman–Crippen LogP) is 2.48. The zero-order chi connectivity index (χ0) is 21.4. The number of hydrogen-bond donors (Lipinski definition) is 1. The zero-order valence-electron chi connectivity index (χ0n) is 16.4. The van der Waals surface area contributed by atoms with Gasteiger partial charge in [0.25, 0.3) is 5.56 Å². The summed E-state index contributed by atoms with van der Waals surface area (Å²) < 4.78 is 17.0. The Morgan fingerprint density at radius 2 is 1.63 bits per heavy atom. The van der Waals surface area contributed by atoms with Gasteiger partial charge in [0.15, 0.2) is 0 Å². The molecule has 0 unspecified atom stereocenters. The second-order valence-corrected chi connectivity index (χ2v) is 7.00. The van der Waals surface area contributed by atoms with Crippen LogP contribution in [0.4, 0.5) is 10.1 Å². The summed E-state index contributed by atoms with van der Waals surface area (Å²) in [6.07, 6.45) is 1.77. The van der Waals surface area contributed by atoms with Crippen LogP contribution < -0.4 is 16.6 Å². The van der Waals surface area contributed by atoms with E-state index in [-0.39, 0.29) is 6.54 Å². The number of nitrogens with zero attached hydrogens (tertiary/aromatic N) is 3. The first-order chi connectivity index (χ1) is 14.4. The first-order valence-electron chi connectivity index (χ1n) is 9.26. The summed E-state index contributed by atoms with van der Waals surface area (Å²) in [4.78, 5) is 38.3. The first kappa shape index (κ1) is 19.4. The molecular formula is C22H19FN4O3. The van der Waals surface area contributed by atoms with Crippen LogP contribution in [0.15, 0.2) is 70.4 Å². The fourth-order valence-corrected chi connectivity index (χ4v) is 3.51. The normalized spacial score (nSPS) is 11.0. The lowest BCUT2D eigenvalue weighted by molar-refractivity contribution is -0.116. The molecule has 0 bridgehead atoms. The van der Waals surface area contributed by atoms with Gasteiger partial charge in [-0.3, -0.25) is 18.7 Å². The molecule has 0 atom stereocenters. The summed E-state index contributed by atoms with van der Waals surface area (Å²) in [5, 5.41) is 2.65. The van der Waals surface area contributed by atoms with E-state index in [9.17, 15) is 18.8 Å². The van der Waals surface area contributed by atoms with E-state index >= 15 is 0 Å². The molecule has 0 fully saturated rings. The minimum absolute atomic E-state index is 0.301. The van der Waals surface area contributed by atoms with Crippen molar-refractivity contribution in [2.24, 2.45) is 14.1 Å². The smallest absolute Gasteiger partial charge is 0.331 e. The molecule has 1 amide bonds. The SMILES string of the molecule is Cn1c(=O)c2c(c(-c3ccccc3)cn2C)n(CC(=O)Nc2ccc(F)cc2)c1=O. The lowest BCUT2D eigenvalue weighted by Gasteiger charge is -2.12. The second-order valence-electron chi connectivity index (χ2n) is 7.00. The molecule has 7 nitrogen and oxygen atoms in total. The second kappa shape index (κ2) is 7.47.